The number of benzene rings is 1. The monoisotopic (exact) mass is 237 g/mol. The van der Waals surface area contributed by atoms with Crippen LogP contribution in [0.15, 0.2) is 24.7 Å². The third-order valence-corrected chi connectivity index (χ3v) is 2.68. The van der Waals surface area contributed by atoms with E-state index >= 15 is 0 Å². The fourth-order valence-corrected chi connectivity index (χ4v) is 1.65. The summed E-state index contributed by atoms with van der Waals surface area (Å²) in [6, 6.07) is 2.25. The second-order valence-corrected chi connectivity index (χ2v) is 4.04. The maximum atomic E-state index is 13.7. The smallest absolute Gasteiger partial charge is 0.164 e. The molecule has 1 aromatic carbocycles. The van der Waals surface area contributed by atoms with Crippen molar-refractivity contribution in [2.24, 2.45) is 12.8 Å². The molecule has 0 spiro atoms. The molecule has 90 valence electrons. The van der Waals surface area contributed by atoms with Gasteiger partial charge < -0.3 is 10.3 Å². The van der Waals surface area contributed by atoms with Gasteiger partial charge in [-0.3, -0.25) is 0 Å². The first kappa shape index (κ1) is 11.7. The second-order valence-electron chi connectivity index (χ2n) is 4.04. The summed E-state index contributed by atoms with van der Waals surface area (Å²) >= 11 is 0. The Hall–Kier alpha value is -1.75. The summed E-state index contributed by atoms with van der Waals surface area (Å²) < 4.78 is 28.8. The lowest BCUT2D eigenvalue weighted by Gasteiger charge is -2.11. The summed E-state index contributed by atoms with van der Waals surface area (Å²) in [4.78, 5) is 4.03. The highest BCUT2D eigenvalue weighted by Gasteiger charge is 2.19. The molecule has 1 unspecified atom stereocenters. The molecule has 17 heavy (non-hydrogen) atoms. The van der Waals surface area contributed by atoms with Gasteiger partial charge in [0.1, 0.15) is 0 Å². The topological polar surface area (TPSA) is 43.8 Å². The number of rotatable bonds is 2. The van der Waals surface area contributed by atoms with Crippen molar-refractivity contribution in [2.75, 3.05) is 0 Å². The molecular weight excluding hydrogens is 224 g/mol. The Balaban J connectivity index is 2.44. The first-order chi connectivity index (χ1) is 8.00. The van der Waals surface area contributed by atoms with Crippen LogP contribution in [0.3, 0.4) is 0 Å². The third kappa shape index (κ3) is 2.06. The zero-order valence-corrected chi connectivity index (χ0v) is 9.61. The van der Waals surface area contributed by atoms with E-state index in [4.69, 9.17) is 5.73 Å². The molecule has 0 fully saturated rings. The summed E-state index contributed by atoms with van der Waals surface area (Å²) in [7, 11) is 1.79. The van der Waals surface area contributed by atoms with Crippen molar-refractivity contribution in [3.8, 4) is 0 Å². The van der Waals surface area contributed by atoms with E-state index in [0.29, 0.717) is 5.69 Å². The van der Waals surface area contributed by atoms with E-state index < -0.39 is 17.7 Å². The number of halogens is 2. The van der Waals surface area contributed by atoms with Gasteiger partial charge in [0.15, 0.2) is 11.6 Å². The van der Waals surface area contributed by atoms with Crippen molar-refractivity contribution in [3.05, 3.63) is 53.1 Å². The van der Waals surface area contributed by atoms with Crippen molar-refractivity contribution < 1.29 is 8.78 Å². The highest BCUT2D eigenvalue weighted by atomic mass is 19.2. The Labute approximate surface area is 97.9 Å². The molecule has 1 atom stereocenters. The van der Waals surface area contributed by atoms with Crippen LogP contribution >= 0.6 is 0 Å². The summed E-state index contributed by atoms with van der Waals surface area (Å²) in [5.74, 6) is -1.75. The van der Waals surface area contributed by atoms with Gasteiger partial charge in [0.2, 0.25) is 0 Å². The van der Waals surface area contributed by atoms with Crippen molar-refractivity contribution in [1.82, 2.24) is 9.55 Å². The Morgan fingerprint density at radius 2 is 2.00 bits per heavy atom. The highest BCUT2D eigenvalue weighted by molar-refractivity contribution is 5.31. The number of imidazole rings is 1. The molecule has 0 aliphatic heterocycles. The molecule has 5 heteroatoms. The number of aromatic nitrogens is 2. The lowest BCUT2D eigenvalue weighted by Crippen LogP contribution is -2.15. The maximum Gasteiger partial charge on any atom is 0.164 e. The van der Waals surface area contributed by atoms with Crippen LogP contribution in [0.5, 0.6) is 0 Å². The number of hydrogen-bond acceptors (Lipinski definition) is 2. The summed E-state index contributed by atoms with van der Waals surface area (Å²) in [6.45, 7) is 1.51. The Bertz CT molecular complexity index is 549. The zero-order valence-electron chi connectivity index (χ0n) is 9.61. The van der Waals surface area contributed by atoms with Gasteiger partial charge in [-0.05, 0) is 12.5 Å². The Kier molecular flexibility index (Phi) is 2.93. The lowest BCUT2D eigenvalue weighted by atomic mass is 10.0. The minimum absolute atomic E-state index is 0.117. The maximum absolute atomic E-state index is 13.7. The number of nitrogens with zero attached hydrogens (tertiary/aromatic N) is 2. The van der Waals surface area contributed by atoms with Crippen LogP contribution in [0.2, 0.25) is 0 Å². The SMILES string of the molecule is Cc1ccc(C(N)c2cn(C)cn2)c(F)c1F. The van der Waals surface area contributed by atoms with Crippen LogP contribution < -0.4 is 5.73 Å². The molecule has 0 aliphatic rings. The molecule has 2 aromatic rings. The van der Waals surface area contributed by atoms with Crippen LogP contribution in [-0.2, 0) is 7.05 Å². The van der Waals surface area contributed by atoms with Crippen LogP contribution in [-0.4, -0.2) is 9.55 Å². The largest absolute Gasteiger partial charge is 0.340 e. The molecular formula is C12H13F2N3. The van der Waals surface area contributed by atoms with E-state index in [1.54, 1.807) is 24.1 Å². The number of aryl methyl sites for hydroxylation is 2. The molecule has 0 saturated carbocycles. The second kappa shape index (κ2) is 4.25. The van der Waals surface area contributed by atoms with Gasteiger partial charge >= 0.3 is 0 Å². The van der Waals surface area contributed by atoms with E-state index in [2.05, 4.69) is 4.98 Å². The molecule has 0 bridgehead atoms. The molecule has 1 heterocycles. The van der Waals surface area contributed by atoms with Crippen LogP contribution in [0, 0.1) is 18.6 Å². The molecule has 0 saturated heterocycles. The van der Waals surface area contributed by atoms with Gasteiger partial charge in [0, 0.05) is 18.8 Å². The molecule has 3 nitrogen and oxygen atoms in total. The van der Waals surface area contributed by atoms with Crippen molar-refractivity contribution in [3.63, 3.8) is 0 Å². The standard InChI is InChI=1S/C12H13F2N3/c1-7-3-4-8(11(14)10(7)13)12(15)9-5-17(2)6-16-9/h3-6,12H,15H2,1-2H3. The molecule has 0 aliphatic carbocycles. The highest BCUT2D eigenvalue weighted by Crippen LogP contribution is 2.24. The molecule has 1 aromatic heterocycles. The summed E-state index contributed by atoms with van der Waals surface area (Å²) in [5.41, 5.74) is 6.76. The zero-order chi connectivity index (χ0) is 12.6. The van der Waals surface area contributed by atoms with E-state index in [1.165, 1.54) is 19.1 Å². The predicted molar refractivity (Wildman–Crippen MR) is 60.3 cm³/mol. The van der Waals surface area contributed by atoms with E-state index in [9.17, 15) is 8.78 Å². The van der Waals surface area contributed by atoms with Gasteiger partial charge in [-0.25, -0.2) is 13.8 Å². The first-order valence-corrected chi connectivity index (χ1v) is 5.18. The normalized spacial score (nSPS) is 12.8. The summed E-state index contributed by atoms with van der Waals surface area (Å²) in [6.07, 6.45) is 3.25. The van der Waals surface area contributed by atoms with E-state index in [0.717, 1.165) is 0 Å². The van der Waals surface area contributed by atoms with Crippen molar-refractivity contribution in [1.29, 1.82) is 0 Å². The van der Waals surface area contributed by atoms with Crippen molar-refractivity contribution >= 4 is 0 Å². The first-order valence-electron chi connectivity index (χ1n) is 5.18. The molecule has 0 radical (unpaired) electrons. The molecule has 2 N–H and O–H groups in total. The average Bonchev–Trinajstić information content (AvgIpc) is 2.72. The van der Waals surface area contributed by atoms with Gasteiger partial charge in [-0.2, -0.15) is 0 Å². The summed E-state index contributed by atoms with van der Waals surface area (Å²) in [5, 5.41) is 0. The number of hydrogen-bond donors (Lipinski definition) is 1. The third-order valence-electron chi connectivity index (χ3n) is 2.68. The van der Waals surface area contributed by atoms with Crippen LogP contribution in [0.25, 0.3) is 0 Å². The van der Waals surface area contributed by atoms with Crippen molar-refractivity contribution in [2.45, 2.75) is 13.0 Å². The van der Waals surface area contributed by atoms with Gasteiger partial charge in [-0.1, -0.05) is 12.1 Å². The fraction of sp³-hybridized carbons (Fsp3) is 0.250. The Morgan fingerprint density at radius 3 is 2.59 bits per heavy atom. The molecule has 0 amide bonds. The number of nitrogens with two attached hydrogens (primary N) is 1. The van der Waals surface area contributed by atoms with E-state index in [-0.39, 0.29) is 11.1 Å². The van der Waals surface area contributed by atoms with Crippen LogP contribution in [0.1, 0.15) is 22.9 Å². The van der Waals surface area contributed by atoms with Gasteiger partial charge in [-0.15, -0.1) is 0 Å². The lowest BCUT2D eigenvalue weighted by molar-refractivity contribution is 0.489. The quantitative estimate of drug-likeness (QED) is 0.868. The predicted octanol–water partition coefficient (Wildman–Crippen LogP) is 2.05. The van der Waals surface area contributed by atoms with E-state index in [1.807, 2.05) is 0 Å². The minimum atomic E-state index is -0.900. The molecule has 2 rings (SSSR count). The Morgan fingerprint density at radius 1 is 1.29 bits per heavy atom. The van der Waals surface area contributed by atoms with Gasteiger partial charge in [0.25, 0.3) is 0 Å². The van der Waals surface area contributed by atoms with Crippen LogP contribution in [0.4, 0.5) is 8.78 Å². The average molecular weight is 237 g/mol. The fourth-order valence-electron chi connectivity index (χ4n) is 1.65. The van der Waals surface area contributed by atoms with Gasteiger partial charge in [0.05, 0.1) is 18.1 Å². The minimum Gasteiger partial charge on any atom is -0.340 e.